The van der Waals surface area contributed by atoms with Gasteiger partial charge in [-0.25, -0.2) is 4.98 Å². The third kappa shape index (κ3) is 5.36. The number of nitrogens with one attached hydrogen (secondary N) is 1. The number of nitrogens with zero attached hydrogens (tertiary/aromatic N) is 6. The van der Waals surface area contributed by atoms with Gasteiger partial charge in [-0.2, -0.15) is 4.98 Å². The van der Waals surface area contributed by atoms with Crippen molar-refractivity contribution in [2.45, 2.75) is 56.9 Å². The van der Waals surface area contributed by atoms with Gasteiger partial charge in [-0.3, -0.25) is 19.6 Å². The molecule has 4 heterocycles. The Morgan fingerprint density at radius 1 is 1.09 bits per heavy atom. The first-order valence-corrected chi connectivity index (χ1v) is 12.2. The van der Waals surface area contributed by atoms with Crippen LogP contribution in [0.4, 0.5) is 0 Å². The topological polar surface area (TPSA) is 127 Å². The molecule has 0 unspecified atom stereocenters. The van der Waals surface area contributed by atoms with E-state index >= 15 is 0 Å². The van der Waals surface area contributed by atoms with Crippen molar-refractivity contribution in [3.8, 4) is 11.5 Å². The minimum absolute atomic E-state index is 0.00718. The summed E-state index contributed by atoms with van der Waals surface area (Å²) in [6.45, 7) is 1.29. The summed E-state index contributed by atoms with van der Waals surface area (Å²) in [5, 5.41) is 7.17. The van der Waals surface area contributed by atoms with E-state index in [1.54, 1.807) is 31.0 Å². The minimum Gasteiger partial charge on any atom is -0.356 e. The van der Waals surface area contributed by atoms with Crippen LogP contribution in [0.2, 0.25) is 0 Å². The van der Waals surface area contributed by atoms with E-state index in [-0.39, 0.29) is 36.1 Å². The molecule has 0 spiro atoms. The van der Waals surface area contributed by atoms with Crippen LogP contribution in [0.15, 0.2) is 47.6 Å². The second-order valence-electron chi connectivity index (χ2n) is 9.22. The average Bonchev–Trinajstić information content (AvgIpc) is 3.54. The lowest BCUT2D eigenvalue weighted by atomic mass is 9.99. The van der Waals surface area contributed by atoms with Gasteiger partial charge in [0, 0.05) is 49.8 Å². The Morgan fingerprint density at radius 2 is 1.97 bits per heavy atom. The van der Waals surface area contributed by atoms with Crippen LogP contribution in [0.1, 0.15) is 55.9 Å². The monoisotopic (exact) mass is 475 g/mol. The first kappa shape index (κ1) is 23.1. The number of amides is 2. The number of hydrogen-bond donors (Lipinski definition) is 1. The van der Waals surface area contributed by atoms with Gasteiger partial charge in [0.05, 0.1) is 18.5 Å². The van der Waals surface area contributed by atoms with Gasteiger partial charge >= 0.3 is 0 Å². The molecule has 2 fully saturated rings. The van der Waals surface area contributed by atoms with Crippen LogP contribution in [0.25, 0.3) is 11.5 Å². The molecule has 35 heavy (non-hydrogen) atoms. The van der Waals surface area contributed by atoms with Gasteiger partial charge < -0.3 is 14.7 Å². The molecule has 3 atom stereocenters. The first-order valence-electron chi connectivity index (χ1n) is 12.2. The molecule has 0 aromatic carbocycles. The molecule has 1 aliphatic carbocycles. The zero-order valence-electron chi connectivity index (χ0n) is 19.5. The summed E-state index contributed by atoms with van der Waals surface area (Å²) in [6, 6.07) is 3.52. The number of carbonyl (C=O) groups excluding carboxylic acids is 2. The van der Waals surface area contributed by atoms with Gasteiger partial charge in [-0.1, -0.05) is 24.1 Å². The zero-order valence-corrected chi connectivity index (χ0v) is 19.5. The fraction of sp³-hybridized carbons (Fsp3) is 0.480. The van der Waals surface area contributed by atoms with Crippen LogP contribution in [0.5, 0.6) is 0 Å². The largest absolute Gasteiger partial charge is 0.356 e. The van der Waals surface area contributed by atoms with Crippen LogP contribution in [0.3, 0.4) is 0 Å². The molecule has 0 bridgehead atoms. The Morgan fingerprint density at radius 3 is 2.80 bits per heavy atom. The van der Waals surface area contributed by atoms with Crippen LogP contribution in [0, 0.1) is 5.92 Å². The predicted octanol–water partition coefficient (Wildman–Crippen LogP) is 2.55. The lowest BCUT2D eigenvalue weighted by Crippen LogP contribution is -2.47. The van der Waals surface area contributed by atoms with E-state index in [9.17, 15) is 9.59 Å². The third-order valence-electron chi connectivity index (χ3n) is 6.87. The average molecular weight is 476 g/mol. The Hall–Kier alpha value is -3.69. The molecule has 3 aromatic heterocycles. The van der Waals surface area contributed by atoms with Crippen molar-refractivity contribution in [1.29, 1.82) is 0 Å². The fourth-order valence-corrected chi connectivity index (χ4v) is 5.12. The number of fused-ring (bicyclic) bond motifs is 1. The first-order chi connectivity index (χ1) is 17.2. The van der Waals surface area contributed by atoms with E-state index in [1.807, 2.05) is 17.0 Å². The van der Waals surface area contributed by atoms with E-state index in [0.29, 0.717) is 43.3 Å². The smallest absolute Gasteiger partial charge is 0.230 e. The van der Waals surface area contributed by atoms with Gasteiger partial charge in [-0.05, 0) is 37.3 Å². The zero-order chi connectivity index (χ0) is 24.0. The molecule has 1 saturated carbocycles. The van der Waals surface area contributed by atoms with Crippen molar-refractivity contribution < 1.29 is 14.1 Å². The molecular formula is C25H29N7O3. The molecule has 2 amide bonds. The van der Waals surface area contributed by atoms with E-state index < -0.39 is 0 Å². The third-order valence-corrected chi connectivity index (χ3v) is 6.87. The summed E-state index contributed by atoms with van der Waals surface area (Å²) < 4.78 is 5.60. The molecule has 5 rings (SSSR count). The van der Waals surface area contributed by atoms with Gasteiger partial charge in [0.15, 0.2) is 0 Å². The van der Waals surface area contributed by atoms with Crippen LogP contribution in [-0.4, -0.2) is 60.9 Å². The molecule has 1 aliphatic heterocycles. The van der Waals surface area contributed by atoms with Crippen LogP contribution < -0.4 is 5.32 Å². The van der Waals surface area contributed by atoms with Crippen molar-refractivity contribution in [3.05, 3.63) is 54.6 Å². The van der Waals surface area contributed by atoms with Gasteiger partial charge in [0.1, 0.15) is 5.69 Å². The highest BCUT2D eigenvalue weighted by Gasteiger charge is 2.45. The van der Waals surface area contributed by atoms with Crippen molar-refractivity contribution >= 4 is 11.8 Å². The summed E-state index contributed by atoms with van der Waals surface area (Å²) in [7, 11) is 0. The Kier molecular flexibility index (Phi) is 7.06. The maximum atomic E-state index is 13.5. The number of carbonyl (C=O) groups is 2. The van der Waals surface area contributed by atoms with E-state index in [2.05, 4.69) is 30.4 Å². The lowest BCUT2D eigenvalue weighted by molar-refractivity contribution is -0.136. The molecule has 1 N–H and O–H groups in total. The maximum Gasteiger partial charge on any atom is 0.230 e. The van der Waals surface area contributed by atoms with E-state index in [1.165, 1.54) is 0 Å². The maximum absolute atomic E-state index is 13.5. The highest BCUT2D eigenvalue weighted by Crippen LogP contribution is 2.41. The fourth-order valence-electron chi connectivity index (χ4n) is 5.12. The van der Waals surface area contributed by atoms with Crippen molar-refractivity contribution in [2.24, 2.45) is 5.92 Å². The number of pyridine rings is 1. The van der Waals surface area contributed by atoms with Gasteiger partial charge in [-0.15, -0.1) is 0 Å². The molecule has 0 radical (unpaired) electrons. The molecule has 1 saturated heterocycles. The second kappa shape index (κ2) is 10.7. The minimum atomic E-state index is -0.331. The van der Waals surface area contributed by atoms with Crippen molar-refractivity contribution in [3.63, 3.8) is 0 Å². The molecule has 2 aliphatic rings. The SMILES string of the molecule is O=C1NCCCCCCN(C(=O)Cc2cccnc2)[C@@H]2C[C@@H](c3nc(-c4cnccn4)no3)C[C@H]12. The number of aromatic nitrogens is 5. The van der Waals surface area contributed by atoms with Gasteiger partial charge in [0.2, 0.25) is 23.5 Å². The second-order valence-corrected chi connectivity index (χ2v) is 9.22. The van der Waals surface area contributed by atoms with Crippen LogP contribution in [-0.2, 0) is 16.0 Å². The number of rotatable bonds is 4. The summed E-state index contributed by atoms with van der Waals surface area (Å²) in [5.41, 5.74) is 1.40. The van der Waals surface area contributed by atoms with Crippen molar-refractivity contribution in [1.82, 2.24) is 35.3 Å². The molecule has 10 nitrogen and oxygen atoms in total. The highest BCUT2D eigenvalue weighted by molar-refractivity contribution is 5.83. The summed E-state index contributed by atoms with van der Waals surface area (Å²) >= 11 is 0. The molecular weight excluding hydrogens is 446 g/mol. The summed E-state index contributed by atoms with van der Waals surface area (Å²) in [5.74, 6) is 0.404. The standard InChI is InChI=1S/C25H29N7O3/c33-22(12-17-6-5-7-26-15-17)32-11-4-2-1-3-8-29-24(34)19-13-18(14-21(19)32)25-30-23(31-35-25)20-16-27-9-10-28-20/h5-7,9-10,15-16,18-19,21H,1-4,8,11-14H2,(H,29,34)/t18-,19-,21+/m0/s1. The molecule has 182 valence electrons. The van der Waals surface area contributed by atoms with Crippen LogP contribution >= 0.6 is 0 Å². The Bertz CT molecular complexity index is 1140. The van der Waals surface area contributed by atoms with E-state index in [0.717, 1.165) is 31.2 Å². The lowest BCUT2D eigenvalue weighted by Gasteiger charge is -2.32. The predicted molar refractivity (Wildman–Crippen MR) is 126 cm³/mol. The molecule has 3 aromatic rings. The van der Waals surface area contributed by atoms with E-state index in [4.69, 9.17) is 4.52 Å². The highest BCUT2D eigenvalue weighted by atomic mass is 16.5. The summed E-state index contributed by atoms with van der Waals surface area (Å²) in [4.78, 5) is 45.6. The Labute approximate surface area is 203 Å². The summed E-state index contributed by atoms with van der Waals surface area (Å²) in [6.07, 6.45) is 13.5. The Balaban J connectivity index is 1.40. The van der Waals surface area contributed by atoms with Gasteiger partial charge in [0.25, 0.3) is 0 Å². The molecule has 10 heteroatoms. The quantitative estimate of drug-likeness (QED) is 0.610. The van der Waals surface area contributed by atoms with Crippen molar-refractivity contribution in [2.75, 3.05) is 13.1 Å². The number of hydrogen-bond acceptors (Lipinski definition) is 8. The normalized spacial score (nSPS) is 23.3.